The van der Waals surface area contributed by atoms with Crippen molar-refractivity contribution in [3.8, 4) is 0 Å². The van der Waals surface area contributed by atoms with Gasteiger partial charge in [-0.1, -0.05) is 31.1 Å². The zero-order valence-corrected chi connectivity index (χ0v) is 13.6. The van der Waals surface area contributed by atoms with E-state index in [2.05, 4.69) is 24.3 Å². The molecule has 0 aliphatic carbocycles. The van der Waals surface area contributed by atoms with Gasteiger partial charge in [0.25, 0.3) is 5.91 Å². The first kappa shape index (κ1) is 16.7. The molecule has 122 valence electrons. The number of nitrogens with one attached hydrogen (secondary N) is 1. The molecule has 0 radical (unpaired) electrons. The zero-order chi connectivity index (χ0) is 17.0. The quantitative estimate of drug-likeness (QED) is 0.856. The maximum atomic E-state index is 12.1. The summed E-state index contributed by atoms with van der Waals surface area (Å²) in [5.74, 6) is 0.243. The fourth-order valence-electron chi connectivity index (χ4n) is 1.94. The molecule has 1 aromatic heterocycles. The van der Waals surface area contributed by atoms with Gasteiger partial charge in [-0.2, -0.15) is 0 Å². The van der Waals surface area contributed by atoms with E-state index in [0.29, 0.717) is 17.2 Å². The molecule has 0 fully saturated rings. The third kappa shape index (κ3) is 4.42. The van der Waals surface area contributed by atoms with Crippen molar-refractivity contribution in [2.24, 2.45) is 0 Å². The van der Waals surface area contributed by atoms with Crippen molar-refractivity contribution >= 4 is 17.7 Å². The molecule has 2 aromatic rings. The molecule has 1 aromatic carbocycles. The largest absolute Gasteiger partial charge is 0.449 e. The highest BCUT2D eigenvalue weighted by atomic mass is 16.5. The minimum atomic E-state index is -0.940. The van der Waals surface area contributed by atoms with Gasteiger partial charge in [-0.15, -0.1) is 0 Å². The lowest BCUT2D eigenvalue weighted by Gasteiger charge is -2.13. The van der Waals surface area contributed by atoms with Gasteiger partial charge in [0.1, 0.15) is 5.76 Å². The van der Waals surface area contributed by atoms with E-state index in [4.69, 9.17) is 9.26 Å². The Morgan fingerprint density at radius 3 is 2.35 bits per heavy atom. The number of rotatable bonds is 5. The van der Waals surface area contributed by atoms with Crippen LogP contribution in [0.4, 0.5) is 5.82 Å². The Morgan fingerprint density at radius 2 is 1.83 bits per heavy atom. The van der Waals surface area contributed by atoms with Crippen LogP contribution in [0.5, 0.6) is 0 Å². The Morgan fingerprint density at radius 1 is 1.17 bits per heavy atom. The van der Waals surface area contributed by atoms with E-state index in [1.807, 2.05) is 12.1 Å². The predicted octanol–water partition coefficient (Wildman–Crippen LogP) is 3.29. The molecule has 0 unspecified atom stereocenters. The standard InChI is InChI=1S/C17H20N2O4/c1-10(2)13-5-7-14(8-6-13)17(21)22-12(4)16(20)18-15-9-11(3)23-19-15/h5-10,12H,1-4H3,(H,18,19,20)/t12-/m0/s1. The normalized spacial score (nSPS) is 12.0. The van der Waals surface area contributed by atoms with Crippen molar-refractivity contribution in [2.45, 2.75) is 39.7 Å². The summed E-state index contributed by atoms with van der Waals surface area (Å²) in [5.41, 5.74) is 1.54. The Hall–Kier alpha value is -2.63. The molecule has 0 bridgehead atoms. The van der Waals surface area contributed by atoms with Crippen LogP contribution in [0.1, 0.15) is 48.4 Å². The van der Waals surface area contributed by atoms with Crippen molar-refractivity contribution < 1.29 is 18.8 Å². The molecule has 0 saturated heterocycles. The van der Waals surface area contributed by atoms with E-state index in [9.17, 15) is 9.59 Å². The monoisotopic (exact) mass is 316 g/mol. The summed E-state index contributed by atoms with van der Waals surface area (Å²) in [6.45, 7) is 7.37. The minimum absolute atomic E-state index is 0.289. The molecule has 1 N–H and O–H groups in total. The van der Waals surface area contributed by atoms with Gasteiger partial charge in [-0.05, 0) is 37.5 Å². The molecule has 23 heavy (non-hydrogen) atoms. The van der Waals surface area contributed by atoms with Crippen molar-refractivity contribution in [1.82, 2.24) is 5.16 Å². The lowest BCUT2D eigenvalue weighted by atomic mass is 10.0. The number of ether oxygens (including phenoxy) is 1. The summed E-state index contributed by atoms with van der Waals surface area (Å²) in [7, 11) is 0. The number of nitrogens with zero attached hydrogens (tertiary/aromatic N) is 1. The van der Waals surface area contributed by atoms with Crippen LogP contribution >= 0.6 is 0 Å². The first-order chi connectivity index (χ1) is 10.9. The number of hydrogen-bond donors (Lipinski definition) is 1. The van der Waals surface area contributed by atoms with E-state index in [-0.39, 0.29) is 5.82 Å². The predicted molar refractivity (Wildman–Crippen MR) is 85.3 cm³/mol. The zero-order valence-electron chi connectivity index (χ0n) is 13.6. The number of anilines is 1. The highest BCUT2D eigenvalue weighted by Gasteiger charge is 2.20. The molecule has 6 heteroatoms. The van der Waals surface area contributed by atoms with Gasteiger partial charge < -0.3 is 14.6 Å². The Kier molecular flexibility index (Phi) is 5.16. The van der Waals surface area contributed by atoms with Gasteiger partial charge >= 0.3 is 5.97 Å². The van der Waals surface area contributed by atoms with E-state index in [1.54, 1.807) is 25.1 Å². The van der Waals surface area contributed by atoms with Gasteiger partial charge in [-0.3, -0.25) is 4.79 Å². The lowest BCUT2D eigenvalue weighted by Crippen LogP contribution is -2.30. The maximum Gasteiger partial charge on any atom is 0.338 e. The van der Waals surface area contributed by atoms with Crippen molar-refractivity contribution in [2.75, 3.05) is 5.32 Å². The van der Waals surface area contributed by atoms with Crippen LogP contribution in [-0.2, 0) is 9.53 Å². The second-order valence-corrected chi connectivity index (χ2v) is 5.64. The van der Waals surface area contributed by atoms with Crippen LogP contribution in [-0.4, -0.2) is 23.1 Å². The number of hydrogen-bond acceptors (Lipinski definition) is 5. The number of carbonyl (C=O) groups excluding carboxylic acids is 2. The van der Waals surface area contributed by atoms with Gasteiger partial charge in [0.05, 0.1) is 5.56 Å². The number of aromatic nitrogens is 1. The molecule has 0 saturated carbocycles. The third-order valence-electron chi connectivity index (χ3n) is 3.35. The summed E-state index contributed by atoms with van der Waals surface area (Å²) in [6, 6.07) is 8.73. The van der Waals surface area contributed by atoms with E-state index in [1.165, 1.54) is 6.92 Å². The van der Waals surface area contributed by atoms with Crippen molar-refractivity contribution in [1.29, 1.82) is 0 Å². The number of aryl methyl sites for hydroxylation is 1. The molecule has 2 rings (SSSR count). The SMILES string of the molecule is Cc1cc(NC(=O)[C@H](C)OC(=O)c2ccc(C(C)C)cc2)no1. The van der Waals surface area contributed by atoms with Crippen molar-refractivity contribution in [3.63, 3.8) is 0 Å². The Labute approximate surface area is 134 Å². The van der Waals surface area contributed by atoms with Crippen LogP contribution in [0.2, 0.25) is 0 Å². The fraction of sp³-hybridized carbons (Fsp3) is 0.353. The maximum absolute atomic E-state index is 12.1. The molecule has 1 atom stereocenters. The second-order valence-electron chi connectivity index (χ2n) is 5.64. The topological polar surface area (TPSA) is 81.4 Å². The average Bonchev–Trinajstić information content (AvgIpc) is 2.92. The summed E-state index contributed by atoms with van der Waals surface area (Å²) in [4.78, 5) is 24.0. The third-order valence-corrected chi connectivity index (χ3v) is 3.35. The van der Waals surface area contributed by atoms with Gasteiger partial charge in [-0.25, -0.2) is 4.79 Å². The smallest absolute Gasteiger partial charge is 0.338 e. The Balaban J connectivity index is 1.94. The molecule has 0 aliphatic rings. The summed E-state index contributed by atoms with van der Waals surface area (Å²) in [6.07, 6.45) is -0.940. The molecular formula is C17H20N2O4. The summed E-state index contributed by atoms with van der Waals surface area (Å²) < 4.78 is 10.0. The highest BCUT2D eigenvalue weighted by molar-refractivity contribution is 5.96. The van der Waals surface area contributed by atoms with Crippen LogP contribution in [0, 0.1) is 6.92 Å². The first-order valence-electron chi connectivity index (χ1n) is 7.42. The number of amides is 1. The van der Waals surface area contributed by atoms with Crippen LogP contribution in [0.25, 0.3) is 0 Å². The molecule has 0 spiro atoms. The fourth-order valence-corrected chi connectivity index (χ4v) is 1.94. The summed E-state index contributed by atoms with van der Waals surface area (Å²) in [5, 5.41) is 6.18. The number of esters is 1. The molecule has 0 aliphatic heterocycles. The second kappa shape index (κ2) is 7.09. The molecule has 6 nitrogen and oxygen atoms in total. The van der Waals surface area contributed by atoms with Crippen LogP contribution in [0.3, 0.4) is 0 Å². The lowest BCUT2D eigenvalue weighted by molar-refractivity contribution is -0.123. The molecule has 1 heterocycles. The number of benzene rings is 1. The van der Waals surface area contributed by atoms with E-state index in [0.717, 1.165) is 5.56 Å². The van der Waals surface area contributed by atoms with Gasteiger partial charge in [0.15, 0.2) is 11.9 Å². The van der Waals surface area contributed by atoms with Crippen LogP contribution < -0.4 is 5.32 Å². The molecule has 1 amide bonds. The van der Waals surface area contributed by atoms with Crippen LogP contribution in [0.15, 0.2) is 34.9 Å². The van der Waals surface area contributed by atoms with Gasteiger partial charge in [0.2, 0.25) is 0 Å². The van der Waals surface area contributed by atoms with Gasteiger partial charge in [0, 0.05) is 6.07 Å². The van der Waals surface area contributed by atoms with E-state index >= 15 is 0 Å². The van der Waals surface area contributed by atoms with Crippen molar-refractivity contribution in [3.05, 3.63) is 47.2 Å². The minimum Gasteiger partial charge on any atom is -0.449 e. The molecular weight excluding hydrogens is 296 g/mol. The highest BCUT2D eigenvalue weighted by Crippen LogP contribution is 2.16. The Bertz CT molecular complexity index is 689. The number of carbonyl (C=O) groups is 2. The average molecular weight is 316 g/mol. The van der Waals surface area contributed by atoms with E-state index < -0.39 is 18.0 Å². The summed E-state index contributed by atoms with van der Waals surface area (Å²) >= 11 is 0. The first-order valence-corrected chi connectivity index (χ1v) is 7.42.